The minimum absolute atomic E-state index is 0.0220. The summed E-state index contributed by atoms with van der Waals surface area (Å²) in [6.07, 6.45) is 11.7. The third kappa shape index (κ3) is 5.72. The molecule has 3 aromatic rings. The van der Waals surface area contributed by atoms with Crippen LogP contribution in [0.3, 0.4) is 0 Å². The fourth-order valence-electron chi connectivity index (χ4n) is 5.26. The van der Waals surface area contributed by atoms with E-state index in [1.54, 1.807) is 24.4 Å². The number of nitrogens with zero attached hydrogens (tertiary/aromatic N) is 4. The molecule has 1 aromatic carbocycles. The van der Waals surface area contributed by atoms with Crippen LogP contribution in [0.4, 0.5) is 22.0 Å². The topological polar surface area (TPSA) is 114 Å². The number of benzene rings is 1. The van der Waals surface area contributed by atoms with Crippen molar-refractivity contribution in [3.8, 4) is 0 Å². The van der Waals surface area contributed by atoms with Crippen molar-refractivity contribution >= 4 is 38.8 Å². The Morgan fingerprint density at radius 2 is 1.69 bits per heavy atom. The number of para-hydroxylation sites is 1. The quantitative estimate of drug-likeness (QED) is 0.437. The first-order valence-electron chi connectivity index (χ1n) is 12.4. The second-order valence-electron chi connectivity index (χ2n) is 9.69. The Bertz CT molecular complexity index is 1280. The summed E-state index contributed by atoms with van der Waals surface area (Å²) in [6.45, 7) is 0. The SMILES string of the molecule is CS(=O)(=O)N[C@H]1CC[C@H](Nc2ncc3nc(Nc4ccccc4F)n(C4CCCCC4)c3n2)CC1. The first-order valence-corrected chi connectivity index (χ1v) is 14.3. The largest absolute Gasteiger partial charge is 0.351 e. The summed E-state index contributed by atoms with van der Waals surface area (Å²) in [7, 11) is -3.20. The average molecular weight is 502 g/mol. The maximum absolute atomic E-state index is 14.4. The molecule has 0 aliphatic heterocycles. The van der Waals surface area contributed by atoms with Gasteiger partial charge in [0.1, 0.15) is 11.3 Å². The summed E-state index contributed by atoms with van der Waals surface area (Å²) in [4.78, 5) is 14.1. The van der Waals surface area contributed by atoms with Gasteiger partial charge in [0.05, 0.1) is 18.1 Å². The Labute approximate surface area is 205 Å². The van der Waals surface area contributed by atoms with E-state index in [1.807, 2.05) is 0 Å². The standard InChI is InChI=1S/C24H32FN7O2S/c1-35(33,34)31-17-13-11-16(12-14-17)27-23-26-15-21-22(30-23)32(18-7-3-2-4-8-18)24(29-21)28-20-10-6-5-9-19(20)25/h5-6,9-10,15-18,31H,2-4,7-8,11-14H2,1H3,(H,28,29)(H,26,27,30)/t16-,17-. The van der Waals surface area contributed by atoms with Crippen LogP contribution in [-0.4, -0.2) is 46.3 Å². The van der Waals surface area contributed by atoms with Crippen LogP contribution in [0.15, 0.2) is 30.5 Å². The van der Waals surface area contributed by atoms with E-state index >= 15 is 0 Å². The summed E-state index contributed by atoms with van der Waals surface area (Å²) in [5.74, 6) is 0.784. The maximum Gasteiger partial charge on any atom is 0.224 e. The van der Waals surface area contributed by atoms with Crippen molar-refractivity contribution < 1.29 is 12.8 Å². The predicted octanol–water partition coefficient (Wildman–Crippen LogP) is 4.49. The molecule has 2 aliphatic rings. The molecule has 0 radical (unpaired) electrons. The van der Waals surface area contributed by atoms with Gasteiger partial charge in [0.15, 0.2) is 5.65 Å². The van der Waals surface area contributed by atoms with E-state index in [0.29, 0.717) is 23.1 Å². The summed E-state index contributed by atoms with van der Waals surface area (Å²) in [6, 6.07) is 6.98. The molecular formula is C24H32FN7O2S. The third-order valence-electron chi connectivity index (χ3n) is 6.93. The lowest BCUT2D eigenvalue weighted by Gasteiger charge is -2.29. The van der Waals surface area contributed by atoms with Crippen molar-refractivity contribution in [1.29, 1.82) is 0 Å². The molecule has 2 heterocycles. The zero-order valence-corrected chi connectivity index (χ0v) is 20.7. The number of halogens is 1. The number of aromatic nitrogens is 4. The van der Waals surface area contributed by atoms with Gasteiger partial charge in [-0.2, -0.15) is 4.98 Å². The number of nitrogens with one attached hydrogen (secondary N) is 3. The molecule has 0 saturated heterocycles. The van der Waals surface area contributed by atoms with Crippen LogP contribution in [0.1, 0.15) is 63.8 Å². The van der Waals surface area contributed by atoms with Gasteiger partial charge in [-0.25, -0.2) is 27.5 Å². The fraction of sp³-hybridized carbons (Fsp3) is 0.542. The molecule has 2 fully saturated rings. The minimum Gasteiger partial charge on any atom is -0.351 e. The molecule has 0 amide bonds. The van der Waals surface area contributed by atoms with Gasteiger partial charge in [0, 0.05) is 18.1 Å². The van der Waals surface area contributed by atoms with E-state index in [0.717, 1.165) is 57.0 Å². The van der Waals surface area contributed by atoms with E-state index in [2.05, 4.69) is 24.9 Å². The molecule has 0 atom stereocenters. The van der Waals surface area contributed by atoms with E-state index in [4.69, 9.17) is 9.97 Å². The molecule has 0 bridgehead atoms. The summed E-state index contributed by atoms with van der Waals surface area (Å²) in [5, 5.41) is 6.62. The second-order valence-corrected chi connectivity index (χ2v) is 11.5. The lowest BCUT2D eigenvalue weighted by Crippen LogP contribution is -2.39. The van der Waals surface area contributed by atoms with Gasteiger partial charge in [0.25, 0.3) is 0 Å². The van der Waals surface area contributed by atoms with Crippen LogP contribution in [0, 0.1) is 5.82 Å². The molecule has 5 rings (SSSR count). The fourth-order valence-corrected chi connectivity index (χ4v) is 6.10. The Morgan fingerprint density at radius 1 is 0.971 bits per heavy atom. The zero-order valence-electron chi connectivity index (χ0n) is 19.9. The second kappa shape index (κ2) is 10.1. The highest BCUT2D eigenvalue weighted by molar-refractivity contribution is 7.88. The number of fused-ring (bicyclic) bond motifs is 1. The molecule has 2 aromatic heterocycles. The number of rotatable bonds is 7. The van der Waals surface area contributed by atoms with Gasteiger partial charge in [-0.1, -0.05) is 31.4 Å². The van der Waals surface area contributed by atoms with Gasteiger partial charge in [-0.05, 0) is 50.7 Å². The molecule has 2 saturated carbocycles. The van der Waals surface area contributed by atoms with Crippen molar-refractivity contribution in [2.75, 3.05) is 16.9 Å². The molecule has 9 nitrogen and oxygen atoms in total. The summed E-state index contributed by atoms with van der Waals surface area (Å²) >= 11 is 0. The minimum atomic E-state index is -3.20. The van der Waals surface area contributed by atoms with Crippen molar-refractivity contribution in [3.63, 3.8) is 0 Å². The number of imidazole rings is 1. The van der Waals surface area contributed by atoms with Crippen LogP contribution in [0.2, 0.25) is 0 Å². The first kappa shape index (κ1) is 23.9. The highest BCUT2D eigenvalue weighted by Crippen LogP contribution is 2.35. The molecule has 2 aliphatic carbocycles. The van der Waals surface area contributed by atoms with E-state index < -0.39 is 10.0 Å². The molecule has 11 heteroatoms. The van der Waals surface area contributed by atoms with Crippen LogP contribution < -0.4 is 15.4 Å². The number of sulfonamides is 1. The van der Waals surface area contributed by atoms with Gasteiger partial charge in [-0.15, -0.1) is 0 Å². The van der Waals surface area contributed by atoms with E-state index in [9.17, 15) is 12.8 Å². The van der Waals surface area contributed by atoms with Crippen LogP contribution in [-0.2, 0) is 10.0 Å². The van der Waals surface area contributed by atoms with Crippen LogP contribution in [0.5, 0.6) is 0 Å². The molecular weight excluding hydrogens is 469 g/mol. The number of hydrogen-bond donors (Lipinski definition) is 3. The van der Waals surface area contributed by atoms with Gasteiger partial charge < -0.3 is 10.6 Å². The van der Waals surface area contributed by atoms with Crippen molar-refractivity contribution in [3.05, 3.63) is 36.3 Å². The van der Waals surface area contributed by atoms with Crippen molar-refractivity contribution in [2.24, 2.45) is 0 Å². The van der Waals surface area contributed by atoms with E-state index in [-0.39, 0.29) is 23.9 Å². The van der Waals surface area contributed by atoms with Gasteiger partial charge >= 0.3 is 0 Å². The van der Waals surface area contributed by atoms with Crippen molar-refractivity contribution in [2.45, 2.75) is 75.9 Å². The summed E-state index contributed by atoms with van der Waals surface area (Å²) in [5.41, 5.74) is 1.78. The molecule has 35 heavy (non-hydrogen) atoms. The Morgan fingerprint density at radius 3 is 2.40 bits per heavy atom. The van der Waals surface area contributed by atoms with Gasteiger partial charge in [-0.3, -0.25) is 4.57 Å². The average Bonchev–Trinajstić information content (AvgIpc) is 3.18. The Balaban J connectivity index is 1.39. The summed E-state index contributed by atoms with van der Waals surface area (Å²) < 4.78 is 42.2. The zero-order chi connectivity index (χ0) is 24.4. The van der Waals surface area contributed by atoms with Gasteiger partial charge in [0.2, 0.25) is 21.9 Å². The van der Waals surface area contributed by atoms with E-state index in [1.165, 1.54) is 18.7 Å². The Hall–Kier alpha value is -2.79. The predicted molar refractivity (Wildman–Crippen MR) is 135 cm³/mol. The molecule has 0 spiro atoms. The molecule has 3 N–H and O–H groups in total. The molecule has 0 unspecified atom stereocenters. The molecule has 188 valence electrons. The maximum atomic E-state index is 14.4. The normalized spacial score (nSPS) is 21.8. The first-order chi connectivity index (χ1) is 16.9. The number of hydrogen-bond acceptors (Lipinski definition) is 7. The third-order valence-corrected chi connectivity index (χ3v) is 7.70. The highest BCUT2D eigenvalue weighted by Gasteiger charge is 2.26. The smallest absolute Gasteiger partial charge is 0.224 e. The number of anilines is 3. The van der Waals surface area contributed by atoms with Crippen LogP contribution in [0.25, 0.3) is 11.2 Å². The monoisotopic (exact) mass is 501 g/mol. The highest BCUT2D eigenvalue weighted by atomic mass is 32.2. The lowest BCUT2D eigenvalue weighted by molar-refractivity contribution is 0.361. The van der Waals surface area contributed by atoms with Crippen molar-refractivity contribution in [1.82, 2.24) is 24.2 Å². The lowest BCUT2D eigenvalue weighted by atomic mass is 9.92. The van der Waals surface area contributed by atoms with Crippen LogP contribution >= 0.6 is 0 Å². The Kier molecular flexibility index (Phi) is 6.88.